The number of carbonyl (C=O) groups is 1. The van der Waals surface area contributed by atoms with Crippen LogP contribution in [-0.4, -0.2) is 42.2 Å². The predicted molar refractivity (Wildman–Crippen MR) is 135 cm³/mol. The first-order valence-corrected chi connectivity index (χ1v) is 13.3. The van der Waals surface area contributed by atoms with Gasteiger partial charge in [0.1, 0.15) is 11.3 Å². The molecular formula is C25H39N2O6P. The lowest BCUT2D eigenvalue weighted by atomic mass is 10.0. The Bertz CT molecular complexity index is 814. The van der Waals surface area contributed by atoms with Gasteiger partial charge in [-0.05, 0) is 63.7 Å². The smallest absolute Gasteiger partial charge is 0.319 e. The molecule has 1 heterocycles. The van der Waals surface area contributed by atoms with E-state index in [4.69, 9.17) is 23.7 Å². The fraction of sp³-hybridized carbons (Fsp3) is 0.640. The zero-order valence-corrected chi connectivity index (χ0v) is 22.2. The first kappa shape index (κ1) is 28.2. The number of ether oxygens (including phenoxy) is 1. The maximum atomic E-state index is 13.0. The summed E-state index contributed by atoms with van der Waals surface area (Å²) in [4.78, 5) is 27.6. The molecule has 1 unspecified atom stereocenters. The summed E-state index contributed by atoms with van der Waals surface area (Å²) in [5, 5.41) is 3.92. The van der Waals surface area contributed by atoms with Gasteiger partial charge in [-0.2, -0.15) is 9.98 Å². The number of hydrogen-bond acceptors (Lipinski definition) is 8. The van der Waals surface area contributed by atoms with Crippen molar-refractivity contribution >= 4 is 26.1 Å². The Morgan fingerprint density at radius 2 is 1.68 bits per heavy atom. The maximum absolute atomic E-state index is 13.0. The molecule has 1 aromatic rings. The number of hydrogen-bond donors (Lipinski definition) is 0. The molecule has 0 radical (unpaired) electrons. The van der Waals surface area contributed by atoms with Crippen LogP contribution in [0.5, 0.6) is 0 Å². The largest absolute Gasteiger partial charge is 0.459 e. The Balaban J connectivity index is 2.10. The Hall–Kier alpha value is -2.02. The van der Waals surface area contributed by atoms with Gasteiger partial charge in [-0.3, -0.25) is 9.68 Å². The van der Waals surface area contributed by atoms with Crippen molar-refractivity contribution < 1.29 is 28.5 Å². The Morgan fingerprint density at radius 3 is 2.26 bits per heavy atom. The van der Waals surface area contributed by atoms with Gasteiger partial charge in [-0.1, -0.05) is 44.0 Å². The van der Waals surface area contributed by atoms with Gasteiger partial charge < -0.3 is 13.8 Å². The van der Waals surface area contributed by atoms with Crippen LogP contribution in [-0.2, 0) is 41.3 Å². The molecule has 0 fully saturated rings. The van der Waals surface area contributed by atoms with E-state index in [1.54, 1.807) is 0 Å². The molecule has 1 aliphatic heterocycles. The third kappa shape index (κ3) is 10.1. The minimum Gasteiger partial charge on any atom is -0.459 e. The van der Waals surface area contributed by atoms with Crippen LogP contribution in [0.4, 0.5) is 0 Å². The third-order valence-electron chi connectivity index (χ3n) is 4.80. The van der Waals surface area contributed by atoms with Gasteiger partial charge in [0.25, 0.3) is 5.90 Å². The van der Waals surface area contributed by atoms with E-state index in [1.165, 1.54) is 24.8 Å². The zero-order valence-electron chi connectivity index (χ0n) is 21.3. The van der Waals surface area contributed by atoms with E-state index in [2.05, 4.69) is 41.3 Å². The summed E-state index contributed by atoms with van der Waals surface area (Å²) in [6.45, 7) is 12.2. The van der Waals surface area contributed by atoms with Crippen LogP contribution in [0.2, 0.25) is 0 Å². The van der Waals surface area contributed by atoms with Crippen LogP contribution in [0.15, 0.2) is 34.4 Å². The molecule has 9 heteroatoms. The quantitative estimate of drug-likeness (QED) is 0.134. The SMILES string of the molecule is CCCCCc1ccc(CC2=NOOC(CC(C(=O)OC(C)(C)C)P(OCC)OCC)=N2)cc1. The summed E-state index contributed by atoms with van der Waals surface area (Å²) in [6.07, 6.45) is 5.36. The number of aryl methyl sites for hydroxylation is 1. The van der Waals surface area contributed by atoms with Crippen molar-refractivity contribution in [2.45, 2.75) is 91.3 Å². The van der Waals surface area contributed by atoms with Gasteiger partial charge in [-0.15, -0.1) is 0 Å². The van der Waals surface area contributed by atoms with Gasteiger partial charge in [0.2, 0.25) is 0 Å². The monoisotopic (exact) mass is 494 g/mol. The average molecular weight is 495 g/mol. The molecule has 0 saturated carbocycles. The van der Waals surface area contributed by atoms with Gasteiger partial charge in [0.15, 0.2) is 14.2 Å². The maximum Gasteiger partial charge on any atom is 0.319 e. The van der Waals surface area contributed by atoms with Crippen molar-refractivity contribution in [1.29, 1.82) is 0 Å². The summed E-state index contributed by atoms with van der Waals surface area (Å²) in [5.74, 6) is 0.290. The van der Waals surface area contributed by atoms with E-state index in [1.807, 2.05) is 34.6 Å². The van der Waals surface area contributed by atoms with Crippen LogP contribution < -0.4 is 0 Å². The minimum absolute atomic E-state index is 0.121. The number of rotatable bonds is 14. The highest BCUT2D eigenvalue weighted by Crippen LogP contribution is 2.46. The highest BCUT2D eigenvalue weighted by atomic mass is 31.2. The number of esters is 1. The fourth-order valence-electron chi connectivity index (χ4n) is 3.28. The van der Waals surface area contributed by atoms with E-state index < -0.39 is 25.6 Å². The summed E-state index contributed by atoms with van der Waals surface area (Å²) in [6, 6.07) is 8.46. The molecule has 190 valence electrons. The second-order valence-corrected chi connectivity index (χ2v) is 10.7. The Labute approximate surface area is 204 Å². The van der Waals surface area contributed by atoms with Gasteiger partial charge in [0, 0.05) is 6.42 Å². The molecule has 0 saturated heterocycles. The van der Waals surface area contributed by atoms with Crippen LogP contribution >= 0.6 is 8.38 Å². The predicted octanol–water partition coefficient (Wildman–Crippen LogP) is 6.12. The fourth-order valence-corrected chi connectivity index (χ4v) is 4.75. The number of amidine groups is 1. The molecule has 0 amide bonds. The lowest BCUT2D eigenvalue weighted by Crippen LogP contribution is -2.34. The third-order valence-corrected chi connectivity index (χ3v) is 6.73. The average Bonchev–Trinajstić information content (AvgIpc) is 2.78. The van der Waals surface area contributed by atoms with Crippen molar-refractivity contribution in [3.63, 3.8) is 0 Å². The van der Waals surface area contributed by atoms with Crippen LogP contribution in [0, 0.1) is 0 Å². The first-order valence-electron chi connectivity index (χ1n) is 12.1. The van der Waals surface area contributed by atoms with Gasteiger partial charge in [-0.25, -0.2) is 0 Å². The molecule has 1 aliphatic rings. The number of aliphatic imine (C=N–C) groups is 1. The van der Waals surface area contributed by atoms with E-state index in [-0.39, 0.29) is 12.3 Å². The Morgan fingerprint density at radius 1 is 1.03 bits per heavy atom. The molecule has 0 spiro atoms. The molecule has 0 aromatic heterocycles. The standard InChI is InChI=1S/C25H39N2O6P/c1-7-10-11-12-19-13-15-20(16-14-19)17-22-26-23(32-33-27-22)18-21(24(28)31-25(4,5)6)34(29-8-2)30-9-3/h13-16,21H,7-12,17-18H2,1-6H3. The second-order valence-electron chi connectivity index (χ2n) is 9.00. The summed E-state index contributed by atoms with van der Waals surface area (Å²) in [7, 11) is -1.55. The molecule has 1 atom stereocenters. The summed E-state index contributed by atoms with van der Waals surface area (Å²) < 4.78 is 17.1. The van der Waals surface area contributed by atoms with Crippen LogP contribution in [0.3, 0.4) is 0 Å². The second kappa shape index (κ2) is 14.4. The lowest BCUT2D eigenvalue weighted by molar-refractivity contribution is -0.227. The Kier molecular flexibility index (Phi) is 11.9. The molecular weight excluding hydrogens is 455 g/mol. The summed E-state index contributed by atoms with van der Waals surface area (Å²) >= 11 is 0. The van der Waals surface area contributed by atoms with E-state index >= 15 is 0 Å². The van der Waals surface area contributed by atoms with E-state index in [9.17, 15) is 4.79 Å². The normalized spacial score (nSPS) is 14.7. The number of unbranched alkanes of at least 4 members (excludes halogenated alkanes) is 2. The number of carbonyl (C=O) groups excluding carboxylic acids is 1. The highest BCUT2D eigenvalue weighted by Gasteiger charge is 2.37. The van der Waals surface area contributed by atoms with Crippen molar-refractivity contribution in [2.75, 3.05) is 13.2 Å². The van der Waals surface area contributed by atoms with Gasteiger partial charge in [0.05, 0.1) is 19.6 Å². The molecule has 0 bridgehead atoms. The van der Waals surface area contributed by atoms with Gasteiger partial charge >= 0.3 is 5.97 Å². The molecule has 8 nitrogen and oxygen atoms in total. The van der Waals surface area contributed by atoms with Crippen LogP contribution in [0.25, 0.3) is 0 Å². The molecule has 0 N–H and O–H groups in total. The lowest BCUT2D eigenvalue weighted by Gasteiger charge is -2.28. The number of oxime groups is 1. The van der Waals surface area contributed by atoms with Crippen molar-refractivity contribution in [3.05, 3.63) is 35.4 Å². The molecule has 34 heavy (non-hydrogen) atoms. The van der Waals surface area contributed by atoms with Crippen molar-refractivity contribution in [1.82, 2.24) is 0 Å². The van der Waals surface area contributed by atoms with Crippen molar-refractivity contribution in [2.24, 2.45) is 10.1 Å². The van der Waals surface area contributed by atoms with Crippen molar-refractivity contribution in [3.8, 4) is 0 Å². The molecule has 1 aromatic carbocycles. The van der Waals surface area contributed by atoms with E-state index in [0.29, 0.717) is 25.5 Å². The van der Waals surface area contributed by atoms with E-state index in [0.717, 1.165) is 12.0 Å². The van der Waals surface area contributed by atoms with Crippen LogP contribution in [0.1, 0.15) is 78.4 Å². The number of benzene rings is 1. The summed E-state index contributed by atoms with van der Waals surface area (Å²) in [5.41, 5.74) is 1.04. The molecule has 0 aliphatic carbocycles. The first-order chi connectivity index (χ1) is 16.3. The molecule has 2 rings (SSSR count). The highest BCUT2D eigenvalue weighted by molar-refractivity contribution is 7.49. The topological polar surface area (TPSA) is 87.9 Å². The minimum atomic E-state index is -1.55. The number of nitrogens with zero attached hydrogens (tertiary/aromatic N) is 2. The zero-order chi connectivity index (χ0) is 25.0.